The molecular weight excluding hydrogens is 370 g/mol. The lowest BCUT2D eigenvalue weighted by Gasteiger charge is -2.36. The zero-order valence-corrected chi connectivity index (χ0v) is 14.3. The van der Waals surface area contributed by atoms with Crippen LogP contribution in [0.2, 0.25) is 5.02 Å². The van der Waals surface area contributed by atoms with Gasteiger partial charge in [0.2, 0.25) is 0 Å². The van der Waals surface area contributed by atoms with Crippen LogP contribution >= 0.6 is 38.9 Å². The molecule has 0 amide bonds. The molecule has 1 saturated carbocycles. The van der Waals surface area contributed by atoms with E-state index in [0.29, 0.717) is 25.5 Å². The number of halogens is 2. The molecule has 1 aromatic heterocycles. The Hall–Kier alpha value is 0.380. The third-order valence-electron chi connectivity index (χ3n) is 4.13. The van der Waals surface area contributed by atoms with Crippen LogP contribution in [0.1, 0.15) is 32.1 Å². The predicted octanol–water partition coefficient (Wildman–Crippen LogP) is 4.12. The Morgan fingerprint density at radius 1 is 1.32 bits per heavy atom. The van der Waals surface area contributed by atoms with E-state index in [1.165, 1.54) is 24.2 Å². The standard InChI is InChI=1S/C12H15BrClNO2S2/c13-12-9(14)7-11(18-12)19(16,17)15-6-2-4-8-3-1-5-10(8)15/h7-8,10H,1-6H2. The van der Waals surface area contributed by atoms with Crippen molar-refractivity contribution in [2.24, 2.45) is 5.92 Å². The number of piperidine rings is 1. The first-order valence-corrected chi connectivity index (χ1v) is 9.89. The predicted molar refractivity (Wildman–Crippen MR) is 81.3 cm³/mol. The average molecular weight is 385 g/mol. The van der Waals surface area contributed by atoms with Gasteiger partial charge in [-0.1, -0.05) is 18.0 Å². The Bertz CT molecular complexity index is 567. The maximum absolute atomic E-state index is 12.8. The fourth-order valence-corrected chi connectivity index (χ4v) is 7.56. The molecule has 2 unspecified atom stereocenters. The second-order valence-electron chi connectivity index (χ2n) is 5.20. The third kappa shape index (κ3) is 2.50. The van der Waals surface area contributed by atoms with Crippen molar-refractivity contribution in [3.63, 3.8) is 0 Å². The Labute approximate surface area is 131 Å². The van der Waals surface area contributed by atoms with E-state index in [0.717, 1.165) is 19.3 Å². The van der Waals surface area contributed by atoms with Crippen molar-refractivity contribution < 1.29 is 8.42 Å². The molecule has 7 heteroatoms. The summed E-state index contributed by atoms with van der Waals surface area (Å²) in [6.45, 7) is 0.649. The van der Waals surface area contributed by atoms with Crippen LogP contribution in [0, 0.1) is 5.92 Å². The summed E-state index contributed by atoms with van der Waals surface area (Å²) in [6, 6.07) is 1.77. The highest BCUT2D eigenvalue weighted by atomic mass is 79.9. The maximum Gasteiger partial charge on any atom is 0.252 e. The van der Waals surface area contributed by atoms with Crippen LogP contribution in [0.3, 0.4) is 0 Å². The molecule has 1 saturated heterocycles. The van der Waals surface area contributed by atoms with Gasteiger partial charge in [0.15, 0.2) is 0 Å². The minimum Gasteiger partial charge on any atom is -0.206 e. The molecule has 2 aliphatic rings. The van der Waals surface area contributed by atoms with Crippen molar-refractivity contribution in [1.82, 2.24) is 4.31 Å². The number of sulfonamides is 1. The summed E-state index contributed by atoms with van der Waals surface area (Å²) in [5, 5.41) is 0.476. The van der Waals surface area contributed by atoms with E-state index in [9.17, 15) is 8.42 Å². The first-order valence-electron chi connectivity index (χ1n) is 6.47. The number of hydrogen-bond acceptors (Lipinski definition) is 3. The average Bonchev–Trinajstić information content (AvgIpc) is 2.96. The normalized spacial score (nSPS) is 28.5. The minimum atomic E-state index is -3.38. The molecular formula is C12H15BrClNO2S2. The number of thiophene rings is 1. The second kappa shape index (κ2) is 5.30. The van der Waals surface area contributed by atoms with Crippen LogP contribution in [0.25, 0.3) is 0 Å². The fraction of sp³-hybridized carbons (Fsp3) is 0.667. The monoisotopic (exact) mass is 383 g/mol. The van der Waals surface area contributed by atoms with Gasteiger partial charge in [-0.2, -0.15) is 4.31 Å². The quantitative estimate of drug-likeness (QED) is 0.769. The summed E-state index contributed by atoms with van der Waals surface area (Å²) in [5.74, 6) is 0.558. The van der Waals surface area contributed by atoms with Gasteiger partial charge in [0, 0.05) is 12.6 Å². The fourth-order valence-electron chi connectivity index (χ4n) is 3.28. The van der Waals surface area contributed by atoms with Crippen molar-refractivity contribution in [2.75, 3.05) is 6.54 Å². The first-order chi connectivity index (χ1) is 9.00. The summed E-state index contributed by atoms with van der Waals surface area (Å²) in [6.07, 6.45) is 5.47. The Morgan fingerprint density at radius 2 is 2.05 bits per heavy atom. The molecule has 3 nitrogen and oxygen atoms in total. The van der Waals surface area contributed by atoms with Gasteiger partial charge in [-0.15, -0.1) is 11.3 Å². The maximum atomic E-state index is 12.8. The summed E-state index contributed by atoms with van der Waals surface area (Å²) in [5.41, 5.74) is 0. The van der Waals surface area contributed by atoms with Crippen molar-refractivity contribution in [3.05, 3.63) is 14.9 Å². The summed E-state index contributed by atoms with van der Waals surface area (Å²) in [4.78, 5) is 0. The summed E-state index contributed by atoms with van der Waals surface area (Å²) >= 11 is 10.5. The van der Waals surface area contributed by atoms with Crippen LogP contribution in [0.4, 0.5) is 0 Å². The van der Waals surface area contributed by atoms with E-state index in [1.54, 1.807) is 10.4 Å². The molecule has 2 heterocycles. The van der Waals surface area contributed by atoms with E-state index < -0.39 is 10.0 Å². The Balaban J connectivity index is 1.95. The molecule has 1 aliphatic heterocycles. The molecule has 19 heavy (non-hydrogen) atoms. The molecule has 106 valence electrons. The van der Waals surface area contributed by atoms with Gasteiger partial charge < -0.3 is 0 Å². The molecule has 0 radical (unpaired) electrons. The topological polar surface area (TPSA) is 37.4 Å². The molecule has 1 aromatic rings. The summed E-state index contributed by atoms with van der Waals surface area (Å²) in [7, 11) is -3.38. The van der Waals surface area contributed by atoms with E-state index >= 15 is 0 Å². The molecule has 0 spiro atoms. The second-order valence-corrected chi connectivity index (χ2v) is 10.1. The van der Waals surface area contributed by atoms with Crippen molar-refractivity contribution in [3.8, 4) is 0 Å². The lowest BCUT2D eigenvalue weighted by Crippen LogP contribution is -2.45. The zero-order valence-electron chi connectivity index (χ0n) is 10.3. The molecule has 2 fully saturated rings. The van der Waals surface area contributed by atoms with E-state index in [-0.39, 0.29) is 6.04 Å². The highest BCUT2D eigenvalue weighted by molar-refractivity contribution is 9.11. The van der Waals surface area contributed by atoms with Gasteiger partial charge in [-0.3, -0.25) is 0 Å². The highest BCUT2D eigenvalue weighted by Gasteiger charge is 2.41. The number of rotatable bonds is 2. The number of nitrogens with zero attached hydrogens (tertiary/aromatic N) is 1. The summed E-state index contributed by atoms with van der Waals surface area (Å²) < 4.78 is 28.3. The van der Waals surface area contributed by atoms with Crippen molar-refractivity contribution in [1.29, 1.82) is 0 Å². The first kappa shape index (κ1) is 14.3. The number of hydrogen-bond donors (Lipinski definition) is 0. The highest BCUT2D eigenvalue weighted by Crippen LogP contribution is 2.42. The van der Waals surface area contributed by atoms with Crippen LogP contribution in [0.5, 0.6) is 0 Å². The van der Waals surface area contributed by atoms with E-state index in [1.807, 2.05) is 0 Å². The lowest BCUT2D eigenvalue weighted by molar-refractivity contribution is 0.202. The van der Waals surface area contributed by atoms with Gasteiger partial charge >= 0.3 is 0 Å². The molecule has 0 bridgehead atoms. The SMILES string of the molecule is O=S(=O)(c1cc(Cl)c(Br)s1)N1CCCC2CCCC21. The Kier molecular flexibility index (Phi) is 3.99. The molecule has 3 rings (SSSR count). The lowest BCUT2D eigenvalue weighted by atomic mass is 9.94. The van der Waals surface area contributed by atoms with Crippen molar-refractivity contribution >= 4 is 48.9 Å². The smallest absolute Gasteiger partial charge is 0.206 e. The van der Waals surface area contributed by atoms with Crippen molar-refractivity contribution in [2.45, 2.75) is 42.4 Å². The van der Waals surface area contributed by atoms with Gasteiger partial charge in [-0.05, 0) is 53.6 Å². The minimum absolute atomic E-state index is 0.207. The molecule has 0 N–H and O–H groups in total. The van der Waals surface area contributed by atoms with Crippen LogP contribution in [0.15, 0.2) is 14.1 Å². The van der Waals surface area contributed by atoms with Crippen LogP contribution < -0.4 is 0 Å². The number of fused-ring (bicyclic) bond motifs is 1. The van der Waals surface area contributed by atoms with E-state index in [2.05, 4.69) is 15.9 Å². The van der Waals surface area contributed by atoms with Gasteiger partial charge in [-0.25, -0.2) is 8.42 Å². The largest absolute Gasteiger partial charge is 0.252 e. The third-order valence-corrected chi connectivity index (χ3v) is 8.98. The Morgan fingerprint density at radius 3 is 2.74 bits per heavy atom. The molecule has 0 aromatic carbocycles. The van der Waals surface area contributed by atoms with Crippen LogP contribution in [-0.4, -0.2) is 25.3 Å². The zero-order chi connectivity index (χ0) is 13.6. The van der Waals surface area contributed by atoms with Gasteiger partial charge in [0.05, 0.1) is 8.81 Å². The van der Waals surface area contributed by atoms with Gasteiger partial charge in [0.1, 0.15) is 4.21 Å². The van der Waals surface area contributed by atoms with Gasteiger partial charge in [0.25, 0.3) is 10.0 Å². The molecule has 2 atom stereocenters. The van der Waals surface area contributed by atoms with E-state index in [4.69, 9.17) is 11.6 Å². The molecule has 1 aliphatic carbocycles. The van der Waals surface area contributed by atoms with Crippen LogP contribution in [-0.2, 0) is 10.0 Å².